The van der Waals surface area contributed by atoms with Gasteiger partial charge in [-0.2, -0.15) is 0 Å². The topological polar surface area (TPSA) is 58.2 Å². The van der Waals surface area contributed by atoms with Crippen molar-refractivity contribution in [1.82, 2.24) is 5.32 Å². The molecule has 0 saturated heterocycles. The molecule has 4 nitrogen and oxygen atoms in total. The molecule has 0 spiro atoms. The average Bonchev–Trinajstić information content (AvgIpc) is 2.79. The lowest BCUT2D eigenvalue weighted by Crippen LogP contribution is -2.48. The van der Waals surface area contributed by atoms with Crippen LogP contribution in [-0.4, -0.2) is 17.9 Å². The lowest BCUT2D eigenvalue weighted by molar-refractivity contribution is -0.138. The molecule has 0 aliphatic heterocycles. The van der Waals surface area contributed by atoms with Crippen molar-refractivity contribution in [2.45, 2.75) is 65.3 Å². The van der Waals surface area contributed by atoms with Crippen molar-refractivity contribution in [3.05, 3.63) is 28.2 Å². The van der Waals surface area contributed by atoms with Crippen LogP contribution in [-0.2, 0) is 9.59 Å². The van der Waals surface area contributed by atoms with Crippen LogP contribution in [0, 0.1) is 12.3 Å². The van der Waals surface area contributed by atoms with Gasteiger partial charge in [0.1, 0.15) is 5.41 Å². The summed E-state index contributed by atoms with van der Waals surface area (Å²) in [6.45, 7) is 5.34. The first-order valence-electron chi connectivity index (χ1n) is 8.69. The summed E-state index contributed by atoms with van der Waals surface area (Å²) in [6.07, 6.45) is 6.78. The molecule has 24 heavy (non-hydrogen) atoms. The van der Waals surface area contributed by atoms with Crippen LogP contribution in [0.15, 0.2) is 22.7 Å². The molecular formula is C19H27BrN2O2. The van der Waals surface area contributed by atoms with E-state index in [1.54, 1.807) is 13.8 Å². The SMILES string of the molecule is Cc1ccc(NC(=O)C(C)(C)C(=O)NC2CCCCCC2)cc1Br. The second kappa shape index (κ2) is 8.15. The van der Waals surface area contributed by atoms with Crippen LogP contribution in [0.2, 0.25) is 0 Å². The number of carbonyl (C=O) groups is 2. The zero-order chi connectivity index (χ0) is 17.7. The Morgan fingerprint density at radius 2 is 1.71 bits per heavy atom. The maximum absolute atomic E-state index is 12.6. The highest BCUT2D eigenvalue weighted by Crippen LogP contribution is 2.25. The standard InChI is InChI=1S/C19H27BrN2O2/c1-13-10-11-15(12-16(13)20)22-18(24)19(2,3)17(23)21-14-8-6-4-5-7-9-14/h10-12,14H,4-9H2,1-3H3,(H,21,23)(H,22,24). The molecule has 1 aromatic carbocycles. The Morgan fingerprint density at radius 3 is 2.29 bits per heavy atom. The number of rotatable bonds is 4. The Morgan fingerprint density at radius 1 is 1.08 bits per heavy atom. The van der Waals surface area contributed by atoms with Crippen LogP contribution < -0.4 is 10.6 Å². The van der Waals surface area contributed by atoms with Gasteiger partial charge in [-0.1, -0.05) is 47.7 Å². The molecule has 0 heterocycles. The van der Waals surface area contributed by atoms with Crippen LogP contribution in [0.3, 0.4) is 0 Å². The van der Waals surface area contributed by atoms with Gasteiger partial charge < -0.3 is 10.6 Å². The second-order valence-electron chi connectivity index (χ2n) is 7.21. The largest absolute Gasteiger partial charge is 0.352 e. The van der Waals surface area contributed by atoms with E-state index in [0.29, 0.717) is 5.69 Å². The van der Waals surface area contributed by atoms with Gasteiger partial charge in [0.25, 0.3) is 0 Å². The Hall–Kier alpha value is -1.36. The number of carbonyl (C=O) groups excluding carboxylic acids is 2. The number of hydrogen-bond donors (Lipinski definition) is 2. The number of amides is 2. The third kappa shape index (κ3) is 4.82. The van der Waals surface area contributed by atoms with Gasteiger partial charge in [0.15, 0.2) is 0 Å². The van der Waals surface area contributed by atoms with Gasteiger partial charge in [-0.15, -0.1) is 0 Å². The molecule has 1 aromatic rings. The molecule has 1 aliphatic rings. The Bertz CT molecular complexity index is 605. The molecule has 132 valence electrons. The number of halogens is 1. The summed E-state index contributed by atoms with van der Waals surface area (Å²) in [7, 11) is 0. The molecule has 1 saturated carbocycles. The number of hydrogen-bond acceptors (Lipinski definition) is 2. The minimum absolute atomic E-state index is 0.195. The molecule has 5 heteroatoms. The Kier molecular flexibility index (Phi) is 6.44. The van der Waals surface area contributed by atoms with E-state index in [1.807, 2.05) is 25.1 Å². The van der Waals surface area contributed by atoms with Crippen molar-refractivity contribution in [3.63, 3.8) is 0 Å². The molecule has 0 radical (unpaired) electrons. The van der Waals surface area contributed by atoms with Crippen LogP contribution in [0.25, 0.3) is 0 Å². The summed E-state index contributed by atoms with van der Waals surface area (Å²) >= 11 is 3.46. The van der Waals surface area contributed by atoms with Gasteiger partial charge in [0.2, 0.25) is 11.8 Å². The molecule has 1 aliphatic carbocycles. The highest BCUT2D eigenvalue weighted by molar-refractivity contribution is 9.10. The summed E-state index contributed by atoms with van der Waals surface area (Å²) in [5, 5.41) is 5.93. The van der Waals surface area contributed by atoms with Crippen molar-refractivity contribution in [2.24, 2.45) is 5.41 Å². The summed E-state index contributed by atoms with van der Waals surface area (Å²) < 4.78 is 0.931. The molecule has 0 unspecified atom stereocenters. The Balaban J connectivity index is 2.00. The van der Waals surface area contributed by atoms with Crippen LogP contribution >= 0.6 is 15.9 Å². The second-order valence-corrected chi connectivity index (χ2v) is 8.06. The van der Waals surface area contributed by atoms with Gasteiger partial charge in [0, 0.05) is 16.2 Å². The van der Waals surface area contributed by atoms with E-state index < -0.39 is 5.41 Å². The van der Waals surface area contributed by atoms with E-state index in [0.717, 1.165) is 35.7 Å². The minimum atomic E-state index is -1.11. The normalized spacial score (nSPS) is 16.3. The maximum Gasteiger partial charge on any atom is 0.239 e. The summed E-state index contributed by atoms with van der Waals surface area (Å²) in [6, 6.07) is 5.82. The maximum atomic E-state index is 12.6. The first-order chi connectivity index (χ1) is 11.3. The zero-order valence-corrected chi connectivity index (χ0v) is 16.3. The van der Waals surface area contributed by atoms with Crippen molar-refractivity contribution in [3.8, 4) is 0 Å². The van der Waals surface area contributed by atoms with Gasteiger partial charge in [-0.05, 0) is 51.3 Å². The molecule has 2 N–H and O–H groups in total. The van der Waals surface area contributed by atoms with Gasteiger partial charge >= 0.3 is 0 Å². The lowest BCUT2D eigenvalue weighted by atomic mass is 9.90. The zero-order valence-electron chi connectivity index (χ0n) is 14.7. The minimum Gasteiger partial charge on any atom is -0.352 e. The molecule has 0 atom stereocenters. The van der Waals surface area contributed by atoms with E-state index in [2.05, 4.69) is 26.6 Å². The van der Waals surface area contributed by atoms with Crippen molar-refractivity contribution in [2.75, 3.05) is 5.32 Å². The highest BCUT2D eigenvalue weighted by Gasteiger charge is 2.37. The number of benzene rings is 1. The monoisotopic (exact) mass is 394 g/mol. The van der Waals surface area contributed by atoms with E-state index in [1.165, 1.54) is 12.8 Å². The first kappa shape index (κ1) is 19.0. The molecule has 0 aromatic heterocycles. The fraction of sp³-hybridized carbons (Fsp3) is 0.579. The summed E-state index contributed by atoms with van der Waals surface area (Å²) in [5.41, 5.74) is 0.676. The smallest absolute Gasteiger partial charge is 0.239 e. The van der Waals surface area contributed by atoms with Crippen LogP contribution in [0.5, 0.6) is 0 Å². The lowest BCUT2D eigenvalue weighted by Gasteiger charge is -2.26. The average molecular weight is 395 g/mol. The Labute approximate surface area is 152 Å². The van der Waals surface area contributed by atoms with Gasteiger partial charge in [-0.3, -0.25) is 9.59 Å². The quantitative estimate of drug-likeness (QED) is 0.580. The predicted octanol–water partition coefficient (Wildman–Crippen LogP) is 4.56. The number of anilines is 1. The molecule has 1 fully saturated rings. The van der Waals surface area contributed by atoms with Crippen molar-refractivity contribution < 1.29 is 9.59 Å². The number of aryl methyl sites for hydroxylation is 1. The fourth-order valence-electron chi connectivity index (χ4n) is 2.85. The third-order valence-electron chi connectivity index (χ3n) is 4.76. The highest BCUT2D eigenvalue weighted by atomic mass is 79.9. The van der Waals surface area contributed by atoms with E-state index >= 15 is 0 Å². The third-order valence-corrected chi connectivity index (χ3v) is 5.61. The van der Waals surface area contributed by atoms with Crippen molar-refractivity contribution in [1.29, 1.82) is 0 Å². The summed E-state index contributed by atoms with van der Waals surface area (Å²) in [5.74, 6) is -0.484. The first-order valence-corrected chi connectivity index (χ1v) is 9.48. The molecule has 2 amide bonds. The summed E-state index contributed by atoms with van der Waals surface area (Å²) in [4.78, 5) is 25.2. The van der Waals surface area contributed by atoms with E-state index in [-0.39, 0.29) is 17.9 Å². The molecule has 0 bridgehead atoms. The van der Waals surface area contributed by atoms with Crippen LogP contribution in [0.1, 0.15) is 57.9 Å². The van der Waals surface area contributed by atoms with E-state index in [4.69, 9.17) is 0 Å². The predicted molar refractivity (Wildman–Crippen MR) is 101 cm³/mol. The van der Waals surface area contributed by atoms with E-state index in [9.17, 15) is 9.59 Å². The van der Waals surface area contributed by atoms with Crippen LogP contribution in [0.4, 0.5) is 5.69 Å². The van der Waals surface area contributed by atoms with Crippen molar-refractivity contribution >= 4 is 33.4 Å². The fourth-order valence-corrected chi connectivity index (χ4v) is 3.23. The van der Waals surface area contributed by atoms with Gasteiger partial charge in [0.05, 0.1) is 0 Å². The molecule has 2 rings (SSSR count). The van der Waals surface area contributed by atoms with Gasteiger partial charge in [-0.25, -0.2) is 0 Å². The molecular weight excluding hydrogens is 368 g/mol. The number of nitrogens with one attached hydrogen (secondary N) is 2.